The van der Waals surface area contributed by atoms with Gasteiger partial charge in [0, 0.05) is 22.2 Å². The van der Waals surface area contributed by atoms with E-state index in [9.17, 15) is 9.59 Å². The van der Waals surface area contributed by atoms with Crippen molar-refractivity contribution in [3.63, 3.8) is 0 Å². The SMILES string of the molecule is O=C(Cc1cccs1)Nc1ccc(NC(=O)C2CC2)cc1. The van der Waals surface area contributed by atoms with Crippen LogP contribution in [-0.2, 0) is 16.0 Å². The van der Waals surface area contributed by atoms with Gasteiger partial charge in [-0.15, -0.1) is 11.3 Å². The number of nitrogens with one attached hydrogen (secondary N) is 2. The molecule has 2 N–H and O–H groups in total. The number of amides is 2. The van der Waals surface area contributed by atoms with Gasteiger partial charge >= 0.3 is 0 Å². The van der Waals surface area contributed by atoms with Crippen LogP contribution in [0.4, 0.5) is 11.4 Å². The molecule has 4 nitrogen and oxygen atoms in total. The van der Waals surface area contributed by atoms with E-state index in [-0.39, 0.29) is 17.7 Å². The molecule has 0 bridgehead atoms. The van der Waals surface area contributed by atoms with E-state index in [0.717, 1.165) is 29.1 Å². The minimum Gasteiger partial charge on any atom is -0.326 e. The van der Waals surface area contributed by atoms with E-state index in [1.54, 1.807) is 35.6 Å². The summed E-state index contributed by atoms with van der Waals surface area (Å²) in [5, 5.41) is 7.68. The Kier molecular flexibility index (Phi) is 4.01. The van der Waals surface area contributed by atoms with Gasteiger partial charge in [0.15, 0.2) is 0 Å². The second-order valence-electron chi connectivity index (χ2n) is 5.15. The Morgan fingerprint density at radius 3 is 2.29 bits per heavy atom. The molecular weight excluding hydrogens is 284 g/mol. The van der Waals surface area contributed by atoms with Gasteiger partial charge in [0.2, 0.25) is 11.8 Å². The molecule has 0 aliphatic heterocycles. The molecule has 5 heteroatoms. The number of rotatable bonds is 5. The second-order valence-corrected chi connectivity index (χ2v) is 6.18. The van der Waals surface area contributed by atoms with Gasteiger partial charge < -0.3 is 10.6 Å². The van der Waals surface area contributed by atoms with Gasteiger partial charge in [-0.05, 0) is 48.6 Å². The highest BCUT2D eigenvalue weighted by Crippen LogP contribution is 2.30. The van der Waals surface area contributed by atoms with Gasteiger partial charge in [0.1, 0.15) is 0 Å². The Hall–Kier alpha value is -2.14. The van der Waals surface area contributed by atoms with E-state index < -0.39 is 0 Å². The van der Waals surface area contributed by atoms with Gasteiger partial charge in [0.05, 0.1) is 6.42 Å². The fraction of sp³-hybridized carbons (Fsp3) is 0.250. The van der Waals surface area contributed by atoms with Crippen LogP contribution in [0, 0.1) is 5.92 Å². The maximum absolute atomic E-state index is 11.9. The number of carbonyl (C=O) groups is 2. The van der Waals surface area contributed by atoms with E-state index in [1.165, 1.54) is 0 Å². The van der Waals surface area contributed by atoms with Crippen molar-refractivity contribution in [2.24, 2.45) is 5.92 Å². The summed E-state index contributed by atoms with van der Waals surface area (Å²) in [5.41, 5.74) is 1.50. The van der Waals surface area contributed by atoms with Gasteiger partial charge in [-0.3, -0.25) is 9.59 Å². The molecule has 1 aliphatic carbocycles. The summed E-state index contributed by atoms with van der Waals surface area (Å²) in [6.45, 7) is 0. The summed E-state index contributed by atoms with van der Waals surface area (Å²) in [6.07, 6.45) is 2.36. The molecule has 1 aromatic carbocycles. The first-order valence-electron chi connectivity index (χ1n) is 6.94. The molecule has 1 aromatic heterocycles. The molecule has 1 fully saturated rings. The molecule has 1 aliphatic rings. The third-order valence-electron chi connectivity index (χ3n) is 3.30. The second kappa shape index (κ2) is 6.10. The molecular formula is C16H16N2O2S. The van der Waals surface area contributed by atoms with Crippen LogP contribution in [0.1, 0.15) is 17.7 Å². The summed E-state index contributed by atoms with van der Waals surface area (Å²) >= 11 is 1.57. The van der Waals surface area contributed by atoms with Gasteiger partial charge in [-0.25, -0.2) is 0 Å². The normalized spacial score (nSPS) is 13.7. The fourth-order valence-corrected chi connectivity index (χ4v) is 2.71. The third kappa shape index (κ3) is 3.92. The zero-order valence-corrected chi connectivity index (χ0v) is 12.3. The molecule has 2 aromatic rings. The summed E-state index contributed by atoms with van der Waals surface area (Å²) in [5.74, 6) is 0.242. The van der Waals surface area contributed by atoms with Crippen molar-refractivity contribution in [2.75, 3.05) is 10.6 Å². The van der Waals surface area contributed by atoms with Crippen LogP contribution < -0.4 is 10.6 Å². The number of benzene rings is 1. The predicted molar refractivity (Wildman–Crippen MR) is 84.4 cm³/mol. The van der Waals surface area contributed by atoms with E-state index in [0.29, 0.717) is 6.42 Å². The van der Waals surface area contributed by atoms with Gasteiger partial charge in [0.25, 0.3) is 0 Å². The van der Waals surface area contributed by atoms with Crippen molar-refractivity contribution in [1.82, 2.24) is 0 Å². The lowest BCUT2D eigenvalue weighted by molar-refractivity contribution is -0.117. The minimum absolute atomic E-state index is 0.0350. The predicted octanol–water partition coefficient (Wildman–Crippen LogP) is 3.28. The highest BCUT2D eigenvalue weighted by molar-refractivity contribution is 7.10. The molecule has 108 valence electrons. The van der Waals surface area contributed by atoms with Crippen LogP contribution >= 0.6 is 11.3 Å². The van der Waals surface area contributed by atoms with Crippen molar-refractivity contribution < 1.29 is 9.59 Å². The first kappa shape index (κ1) is 13.8. The number of carbonyl (C=O) groups excluding carboxylic acids is 2. The van der Waals surface area contributed by atoms with E-state index in [1.807, 2.05) is 17.5 Å². The average molecular weight is 300 g/mol. The van der Waals surface area contributed by atoms with Gasteiger partial charge in [-0.1, -0.05) is 6.07 Å². The van der Waals surface area contributed by atoms with Crippen LogP contribution in [-0.4, -0.2) is 11.8 Å². The van der Waals surface area contributed by atoms with Crippen LogP contribution in [0.3, 0.4) is 0 Å². The van der Waals surface area contributed by atoms with Crippen molar-refractivity contribution in [3.05, 3.63) is 46.7 Å². The largest absolute Gasteiger partial charge is 0.326 e. The number of hydrogen-bond donors (Lipinski definition) is 2. The Bertz CT molecular complexity index is 631. The lowest BCUT2D eigenvalue weighted by Gasteiger charge is -2.07. The highest BCUT2D eigenvalue weighted by Gasteiger charge is 2.29. The fourth-order valence-electron chi connectivity index (χ4n) is 2.00. The molecule has 0 spiro atoms. The number of anilines is 2. The quantitative estimate of drug-likeness (QED) is 0.890. The van der Waals surface area contributed by atoms with E-state index in [4.69, 9.17) is 0 Å². The molecule has 1 saturated carbocycles. The monoisotopic (exact) mass is 300 g/mol. The highest BCUT2D eigenvalue weighted by atomic mass is 32.1. The molecule has 1 heterocycles. The lowest BCUT2D eigenvalue weighted by Crippen LogP contribution is -2.14. The lowest BCUT2D eigenvalue weighted by atomic mass is 10.2. The number of thiophene rings is 1. The molecule has 3 rings (SSSR count). The summed E-state index contributed by atoms with van der Waals surface area (Å²) < 4.78 is 0. The Labute approximate surface area is 127 Å². The van der Waals surface area contributed by atoms with E-state index in [2.05, 4.69) is 10.6 Å². The Morgan fingerprint density at radius 2 is 1.71 bits per heavy atom. The summed E-state index contributed by atoms with van der Waals surface area (Å²) in [6, 6.07) is 11.1. The molecule has 0 atom stereocenters. The minimum atomic E-state index is -0.0350. The zero-order chi connectivity index (χ0) is 14.7. The third-order valence-corrected chi connectivity index (χ3v) is 4.18. The molecule has 0 saturated heterocycles. The first-order valence-corrected chi connectivity index (χ1v) is 7.82. The van der Waals surface area contributed by atoms with Crippen LogP contribution in [0.15, 0.2) is 41.8 Å². The number of hydrogen-bond acceptors (Lipinski definition) is 3. The first-order chi connectivity index (χ1) is 10.2. The molecule has 21 heavy (non-hydrogen) atoms. The van der Waals surface area contributed by atoms with Crippen molar-refractivity contribution in [2.45, 2.75) is 19.3 Å². The topological polar surface area (TPSA) is 58.2 Å². The Balaban J connectivity index is 1.53. The summed E-state index contributed by atoms with van der Waals surface area (Å²) in [7, 11) is 0. The molecule has 2 amide bonds. The summed E-state index contributed by atoms with van der Waals surface area (Å²) in [4.78, 5) is 24.5. The van der Waals surface area contributed by atoms with Gasteiger partial charge in [-0.2, -0.15) is 0 Å². The smallest absolute Gasteiger partial charge is 0.229 e. The zero-order valence-electron chi connectivity index (χ0n) is 11.5. The Morgan fingerprint density at radius 1 is 1.05 bits per heavy atom. The maximum Gasteiger partial charge on any atom is 0.229 e. The van der Waals surface area contributed by atoms with Crippen molar-refractivity contribution in [3.8, 4) is 0 Å². The van der Waals surface area contributed by atoms with Crippen molar-refractivity contribution in [1.29, 1.82) is 0 Å². The van der Waals surface area contributed by atoms with Crippen LogP contribution in [0.5, 0.6) is 0 Å². The molecule has 0 unspecified atom stereocenters. The average Bonchev–Trinajstić information content (AvgIpc) is 3.20. The molecule has 0 radical (unpaired) electrons. The van der Waals surface area contributed by atoms with Crippen LogP contribution in [0.2, 0.25) is 0 Å². The standard InChI is InChI=1S/C16H16N2O2S/c19-15(10-14-2-1-9-21-14)17-12-5-7-13(8-6-12)18-16(20)11-3-4-11/h1-2,5-9,11H,3-4,10H2,(H,17,19)(H,18,20). The van der Waals surface area contributed by atoms with Crippen LogP contribution in [0.25, 0.3) is 0 Å². The van der Waals surface area contributed by atoms with Crippen molar-refractivity contribution >= 4 is 34.5 Å². The van der Waals surface area contributed by atoms with E-state index >= 15 is 0 Å². The maximum atomic E-state index is 11.9.